The Balaban J connectivity index is 2.11. The number of amides is 1. The Morgan fingerprint density at radius 3 is 2.95 bits per heavy atom. The quantitative estimate of drug-likeness (QED) is 0.856. The lowest BCUT2D eigenvalue weighted by Gasteiger charge is -2.24. The Morgan fingerprint density at radius 1 is 1.40 bits per heavy atom. The Labute approximate surface area is 113 Å². The van der Waals surface area contributed by atoms with Crippen molar-refractivity contribution in [3.8, 4) is 0 Å². The number of carbonyl (C=O) groups excluding carboxylic acids is 1. The van der Waals surface area contributed by atoms with Gasteiger partial charge in [-0.25, -0.2) is 9.07 Å². The molecule has 0 spiro atoms. The average Bonchev–Trinajstić information content (AvgIpc) is 2.40. The molecule has 1 unspecified atom stereocenters. The van der Waals surface area contributed by atoms with Crippen LogP contribution in [-0.2, 0) is 4.79 Å². The number of piperidine rings is 1. The summed E-state index contributed by atoms with van der Waals surface area (Å²) < 4.78 is 14.3. The summed E-state index contributed by atoms with van der Waals surface area (Å²) in [6, 6.07) is 3.22. The van der Waals surface area contributed by atoms with Gasteiger partial charge in [-0.2, -0.15) is 5.10 Å². The summed E-state index contributed by atoms with van der Waals surface area (Å²) in [7, 11) is 0. The van der Waals surface area contributed by atoms with E-state index in [1.807, 2.05) is 0 Å². The van der Waals surface area contributed by atoms with Crippen LogP contribution >= 0.6 is 0 Å². The number of halogens is 1. The van der Waals surface area contributed by atoms with Gasteiger partial charge in [-0.1, -0.05) is 6.58 Å². The van der Waals surface area contributed by atoms with E-state index in [1.54, 1.807) is 0 Å². The van der Waals surface area contributed by atoms with E-state index >= 15 is 0 Å². The van der Waals surface area contributed by atoms with Crippen molar-refractivity contribution < 1.29 is 9.18 Å². The van der Waals surface area contributed by atoms with Gasteiger partial charge in [-0.15, -0.1) is 0 Å². The number of hydrogen-bond donors (Lipinski definition) is 1. The van der Waals surface area contributed by atoms with Gasteiger partial charge >= 0.3 is 0 Å². The zero-order chi connectivity index (χ0) is 14.3. The third-order valence-corrected chi connectivity index (χ3v) is 3.39. The fraction of sp³-hybridized carbons (Fsp3) is 0.214. The second-order valence-corrected chi connectivity index (χ2v) is 4.77. The molecule has 6 heteroatoms. The summed E-state index contributed by atoms with van der Waals surface area (Å²) in [6.45, 7) is 3.69. The third kappa shape index (κ3) is 1.99. The van der Waals surface area contributed by atoms with Gasteiger partial charge in [0.2, 0.25) is 5.91 Å². The first-order valence-electron chi connectivity index (χ1n) is 6.22. The summed E-state index contributed by atoms with van der Waals surface area (Å²) in [6.07, 6.45) is 2.48. The molecule has 0 radical (unpaired) electrons. The van der Waals surface area contributed by atoms with Crippen LogP contribution in [0.15, 0.2) is 41.5 Å². The van der Waals surface area contributed by atoms with Gasteiger partial charge in [0.05, 0.1) is 11.6 Å². The van der Waals surface area contributed by atoms with Crippen LogP contribution in [0.2, 0.25) is 0 Å². The minimum Gasteiger partial charge on any atom is -0.329 e. The molecule has 0 bridgehead atoms. The molecule has 102 valence electrons. The number of allylic oxidation sites excluding steroid dienone is 1. The molecule has 1 amide bonds. The molecule has 1 aromatic carbocycles. The largest absolute Gasteiger partial charge is 0.329 e. The van der Waals surface area contributed by atoms with E-state index in [4.69, 9.17) is 0 Å². The van der Waals surface area contributed by atoms with Crippen LogP contribution in [0.5, 0.6) is 0 Å². The Hall–Kier alpha value is -2.50. The highest BCUT2D eigenvalue weighted by atomic mass is 19.1. The zero-order valence-corrected chi connectivity index (χ0v) is 10.6. The smallest absolute Gasteiger partial charge is 0.275 e. The normalized spacial score (nSPS) is 19.1. The van der Waals surface area contributed by atoms with E-state index in [-0.39, 0.29) is 5.91 Å². The van der Waals surface area contributed by atoms with E-state index < -0.39 is 17.4 Å². The molecule has 2 aromatic rings. The highest BCUT2D eigenvalue weighted by molar-refractivity contribution is 5.84. The van der Waals surface area contributed by atoms with Gasteiger partial charge in [0.15, 0.2) is 0 Å². The molecule has 3 rings (SSSR count). The Kier molecular flexibility index (Phi) is 2.85. The summed E-state index contributed by atoms with van der Waals surface area (Å²) >= 11 is 0. The first-order valence-corrected chi connectivity index (χ1v) is 6.22. The molecule has 1 saturated heterocycles. The molecule has 1 N–H and O–H groups in total. The highest BCUT2D eigenvalue weighted by Gasteiger charge is 2.27. The first kappa shape index (κ1) is 12.5. The topological polar surface area (TPSA) is 64.0 Å². The maximum atomic E-state index is 13.1. The van der Waals surface area contributed by atoms with Crippen LogP contribution in [0, 0.1) is 5.82 Å². The molecule has 1 aliphatic rings. The molecule has 1 aromatic heterocycles. The Morgan fingerprint density at radius 2 is 2.20 bits per heavy atom. The third-order valence-electron chi connectivity index (χ3n) is 3.39. The standard InChI is InChI=1S/C14H12FN3O2/c1-8-2-5-12(13(19)17-8)18-14(20)11-4-3-10(15)6-9(11)7-16-18/h3-4,6-7,12H,1-2,5H2,(H,17,19). The average molecular weight is 273 g/mol. The summed E-state index contributed by atoms with van der Waals surface area (Å²) in [5, 5.41) is 7.38. The highest BCUT2D eigenvalue weighted by Crippen LogP contribution is 2.20. The molecule has 1 fully saturated rings. The predicted molar refractivity (Wildman–Crippen MR) is 71.5 cm³/mol. The second-order valence-electron chi connectivity index (χ2n) is 4.77. The lowest BCUT2D eigenvalue weighted by atomic mass is 10.0. The van der Waals surface area contributed by atoms with Crippen molar-refractivity contribution in [3.63, 3.8) is 0 Å². The number of rotatable bonds is 1. The number of nitrogens with zero attached hydrogens (tertiary/aromatic N) is 2. The molecule has 20 heavy (non-hydrogen) atoms. The van der Waals surface area contributed by atoms with Crippen LogP contribution in [0.1, 0.15) is 18.9 Å². The molecular weight excluding hydrogens is 261 g/mol. The SMILES string of the molecule is C=C1CCC(n2ncc3cc(F)ccc3c2=O)C(=O)N1. The molecular formula is C14H12FN3O2. The molecule has 0 aliphatic carbocycles. The Bertz CT molecular complexity index is 782. The van der Waals surface area contributed by atoms with Crippen LogP contribution in [0.4, 0.5) is 4.39 Å². The van der Waals surface area contributed by atoms with Gasteiger partial charge < -0.3 is 5.32 Å². The molecule has 0 saturated carbocycles. The first-order chi connectivity index (χ1) is 9.56. The van der Waals surface area contributed by atoms with Crippen LogP contribution in [0.25, 0.3) is 10.8 Å². The summed E-state index contributed by atoms with van der Waals surface area (Å²) in [5.74, 6) is -0.722. The number of aromatic nitrogens is 2. The number of nitrogens with one attached hydrogen (secondary N) is 1. The minimum absolute atomic E-state index is 0.294. The van der Waals surface area contributed by atoms with Crippen LogP contribution in [0.3, 0.4) is 0 Å². The van der Waals surface area contributed by atoms with Gasteiger partial charge in [0.1, 0.15) is 11.9 Å². The van der Waals surface area contributed by atoms with Crippen molar-refractivity contribution in [3.05, 3.63) is 52.8 Å². The number of benzene rings is 1. The van der Waals surface area contributed by atoms with E-state index in [9.17, 15) is 14.0 Å². The molecule has 5 nitrogen and oxygen atoms in total. The van der Waals surface area contributed by atoms with Gasteiger partial charge in [0, 0.05) is 11.1 Å². The summed E-state index contributed by atoms with van der Waals surface area (Å²) in [5.41, 5.74) is 0.248. The molecule has 1 aliphatic heterocycles. The van der Waals surface area contributed by atoms with Crippen molar-refractivity contribution in [2.24, 2.45) is 0 Å². The van der Waals surface area contributed by atoms with Crippen molar-refractivity contribution in [1.82, 2.24) is 15.1 Å². The van der Waals surface area contributed by atoms with E-state index in [0.717, 1.165) is 4.68 Å². The number of hydrogen-bond acceptors (Lipinski definition) is 3. The van der Waals surface area contributed by atoms with Crippen molar-refractivity contribution in [1.29, 1.82) is 0 Å². The van der Waals surface area contributed by atoms with Crippen LogP contribution < -0.4 is 10.9 Å². The number of carbonyl (C=O) groups is 1. The fourth-order valence-corrected chi connectivity index (χ4v) is 2.35. The summed E-state index contributed by atoms with van der Waals surface area (Å²) in [4.78, 5) is 24.3. The zero-order valence-electron chi connectivity index (χ0n) is 10.6. The predicted octanol–water partition coefficient (Wildman–Crippen LogP) is 1.50. The lowest BCUT2D eigenvalue weighted by Crippen LogP contribution is -2.41. The number of fused-ring (bicyclic) bond motifs is 1. The van der Waals surface area contributed by atoms with Crippen molar-refractivity contribution in [2.45, 2.75) is 18.9 Å². The van der Waals surface area contributed by atoms with E-state index in [0.29, 0.717) is 29.3 Å². The minimum atomic E-state index is -0.651. The van der Waals surface area contributed by atoms with Gasteiger partial charge in [-0.05, 0) is 31.0 Å². The molecule has 1 atom stereocenters. The molecule has 2 heterocycles. The van der Waals surface area contributed by atoms with Gasteiger partial charge in [0.25, 0.3) is 5.56 Å². The van der Waals surface area contributed by atoms with Crippen LogP contribution in [-0.4, -0.2) is 15.7 Å². The maximum Gasteiger partial charge on any atom is 0.275 e. The second kappa shape index (κ2) is 4.56. The van der Waals surface area contributed by atoms with E-state index in [2.05, 4.69) is 17.0 Å². The maximum absolute atomic E-state index is 13.1. The van der Waals surface area contributed by atoms with Crippen molar-refractivity contribution >= 4 is 16.7 Å². The van der Waals surface area contributed by atoms with E-state index in [1.165, 1.54) is 24.4 Å². The monoisotopic (exact) mass is 273 g/mol. The van der Waals surface area contributed by atoms with Crippen molar-refractivity contribution in [2.75, 3.05) is 0 Å². The van der Waals surface area contributed by atoms with Gasteiger partial charge in [-0.3, -0.25) is 9.59 Å². The lowest BCUT2D eigenvalue weighted by molar-refractivity contribution is -0.125. The fourth-order valence-electron chi connectivity index (χ4n) is 2.35.